The first-order valence-electron chi connectivity index (χ1n) is 5.55. The molecule has 0 heterocycles. The van der Waals surface area contributed by atoms with E-state index in [0.29, 0.717) is 13.0 Å². The molecule has 17 heavy (non-hydrogen) atoms. The van der Waals surface area contributed by atoms with Crippen LogP contribution in [-0.4, -0.2) is 27.0 Å². The molecule has 1 N–H and O–H groups in total. The second kappa shape index (κ2) is 6.52. The average molecular weight is 320 g/mol. The number of halogens is 1. The monoisotopic (exact) mass is 319 g/mol. The van der Waals surface area contributed by atoms with Crippen molar-refractivity contribution in [3.8, 4) is 0 Å². The molecule has 0 spiro atoms. The van der Waals surface area contributed by atoms with Crippen LogP contribution in [0.4, 0.5) is 0 Å². The Morgan fingerprint density at radius 1 is 1.35 bits per heavy atom. The van der Waals surface area contributed by atoms with E-state index in [9.17, 15) is 8.42 Å². The second-order valence-electron chi connectivity index (χ2n) is 4.18. The van der Waals surface area contributed by atoms with Crippen LogP contribution in [0.15, 0.2) is 28.7 Å². The minimum Gasteiger partial charge on any atom is -0.310 e. The van der Waals surface area contributed by atoms with Crippen LogP contribution >= 0.6 is 15.9 Å². The van der Waals surface area contributed by atoms with Gasteiger partial charge in [-0.2, -0.15) is 0 Å². The van der Waals surface area contributed by atoms with Gasteiger partial charge in [0.15, 0.2) is 0 Å². The Morgan fingerprint density at radius 2 is 2.00 bits per heavy atom. The summed E-state index contributed by atoms with van der Waals surface area (Å²) in [6.07, 6.45) is 1.91. The molecule has 1 unspecified atom stereocenters. The van der Waals surface area contributed by atoms with E-state index >= 15 is 0 Å². The molecule has 5 heteroatoms. The smallest absolute Gasteiger partial charge is 0.147 e. The van der Waals surface area contributed by atoms with Gasteiger partial charge >= 0.3 is 0 Å². The van der Waals surface area contributed by atoms with Crippen molar-refractivity contribution in [1.82, 2.24) is 5.32 Å². The Balaban J connectivity index is 2.41. The molecule has 0 aliphatic heterocycles. The maximum absolute atomic E-state index is 11.0. The maximum Gasteiger partial charge on any atom is 0.147 e. The van der Waals surface area contributed by atoms with Gasteiger partial charge in [-0.25, -0.2) is 8.42 Å². The van der Waals surface area contributed by atoms with Gasteiger partial charge in [-0.05, 0) is 31.5 Å². The Morgan fingerprint density at radius 3 is 2.59 bits per heavy atom. The molecule has 1 atom stereocenters. The minimum atomic E-state index is -2.84. The van der Waals surface area contributed by atoms with Crippen LogP contribution in [0.2, 0.25) is 0 Å². The third-order valence-corrected chi connectivity index (χ3v) is 4.27. The van der Waals surface area contributed by atoms with E-state index in [2.05, 4.69) is 34.2 Å². The highest BCUT2D eigenvalue weighted by Gasteiger charge is 2.08. The highest BCUT2D eigenvalue weighted by Crippen LogP contribution is 2.22. The zero-order chi connectivity index (χ0) is 12.9. The maximum atomic E-state index is 11.0. The number of hydrogen-bond donors (Lipinski definition) is 1. The minimum absolute atomic E-state index is 0.213. The predicted molar refractivity (Wildman–Crippen MR) is 74.9 cm³/mol. The molecular formula is C12H18BrNO2S. The summed E-state index contributed by atoms with van der Waals surface area (Å²) >= 11 is 3.50. The van der Waals surface area contributed by atoms with Crippen molar-refractivity contribution < 1.29 is 8.42 Å². The SMILES string of the molecule is CC(NCCCS(C)(=O)=O)c1ccccc1Br. The van der Waals surface area contributed by atoms with Crippen LogP contribution in [0.25, 0.3) is 0 Å². The van der Waals surface area contributed by atoms with Gasteiger partial charge in [0.25, 0.3) is 0 Å². The molecule has 0 amide bonds. The number of benzene rings is 1. The van der Waals surface area contributed by atoms with Crippen molar-refractivity contribution in [2.24, 2.45) is 0 Å². The summed E-state index contributed by atoms with van der Waals surface area (Å²) in [4.78, 5) is 0. The van der Waals surface area contributed by atoms with Gasteiger partial charge in [0.05, 0.1) is 5.75 Å². The molecule has 1 aromatic carbocycles. The number of sulfone groups is 1. The Kier molecular flexibility index (Phi) is 5.62. The first-order chi connectivity index (χ1) is 7.90. The molecule has 0 fully saturated rings. The van der Waals surface area contributed by atoms with Crippen molar-refractivity contribution >= 4 is 25.8 Å². The summed E-state index contributed by atoms with van der Waals surface area (Å²) in [6, 6.07) is 8.24. The Labute approximate surface area is 112 Å². The molecule has 0 aliphatic carbocycles. The molecule has 0 aliphatic rings. The molecule has 0 aromatic heterocycles. The van der Waals surface area contributed by atoms with Gasteiger partial charge in [0.2, 0.25) is 0 Å². The van der Waals surface area contributed by atoms with Crippen LogP contribution in [0.3, 0.4) is 0 Å². The van der Waals surface area contributed by atoms with Gasteiger partial charge < -0.3 is 5.32 Å². The largest absolute Gasteiger partial charge is 0.310 e. The summed E-state index contributed by atoms with van der Waals surface area (Å²) in [5.41, 5.74) is 1.19. The lowest BCUT2D eigenvalue weighted by atomic mass is 10.1. The van der Waals surface area contributed by atoms with E-state index in [-0.39, 0.29) is 11.8 Å². The van der Waals surface area contributed by atoms with Gasteiger partial charge in [-0.1, -0.05) is 34.1 Å². The average Bonchev–Trinajstić information content (AvgIpc) is 2.23. The lowest BCUT2D eigenvalue weighted by Crippen LogP contribution is -2.22. The molecule has 1 rings (SSSR count). The van der Waals surface area contributed by atoms with Crippen molar-refractivity contribution in [3.63, 3.8) is 0 Å². The molecule has 0 saturated carbocycles. The fraction of sp³-hybridized carbons (Fsp3) is 0.500. The van der Waals surface area contributed by atoms with Gasteiger partial charge in [-0.15, -0.1) is 0 Å². The molecule has 3 nitrogen and oxygen atoms in total. The summed E-state index contributed by atoms with van der Waals surface area (Å²) in [5, 5.41) is 3.32. The quantitative estimate of drug-likeness (QED) is 0.820. The van der Waals surface area contributed by atoms with E-state index in [4.69, 9.17) is 0 Å². The highest BCUT2D eigenvalue weighted by molar-refractivity contribution is 9.10. The van der Waals surface area contributed by atoms with Crippen LogP contribution in [0.5, 0.6) is 0 Å². The zero-order valence-corrected chi connectivity index (χ0v) is 12.5. The summed E-state index contributed by atoms with van der Waals surface area (Å²) in [6.45, 7) is 2.77. The normalized spacial score (nSPS) is 13.6. The molecule has 1 aromatic rings. The number of hydrogen-bond acceptors (Lipinski definition) is 3. The topological polar surface area (TPSA) is 46.2 Å². The second-order valence-corrected chi connectivity index (χ2v) is 7.29. The van der Waals surface area contributed by atoms with E-state index in [1.165, 1.54) is 11.8 Å². The third-order valence-electron chi connectivity index (χ3n) is 2.51. The van der Waals surface area contributed by atoms with Crippen molar-refractivity contribution in [3.05, 3.63) is 34.3 Å². The molecule has 0 radical (unpaired) electrons. The lowest BCUT2D eigenvalue weighted by Gasteiger charge is -2.15. The summed E-state index contributed by atoms with van der Waals surface area (Å²) in [5.74, 6) is 0.239. The third kappa shape index (κ3) is 5.66. The Hall–Kier alpha value is -0.390. The highest BCUT2D eigenvalue weighted by atomic mass is 79.9. The fourth-order valence-electron chi connectivity index (χ4n) is 1.59. The Bertz CT molecular complexity index is 459. The molecule has 96 valence electrons. The molecular weight excluding hydrogens is 302 g/mol. The van der Waals surface area contributed by atoms with E-state index < -0.39 is 9.84 Å². The first-order valence-corrected chi connectivity index (χ1v) is 8.41. The predicted octanol–water partition coefficient (Wildman–Crippen LogP) is 2.53. The van der Waals surface area contributed by atoms with Crippen LogP contribution in [0.1, 0.15) is 24.9 Å². The van der Waals surface area contributed by atoms with Gasteiger partial charge in [0.1, 0.15) is 9.84 Å². The lowest BCUT2D eigenvalue weighted by molar-refractivity contribution is 0.560. The van der Waals surface area contributed by atoms with Crippen molar-refractivity contribution in [2.45, 2.75) is 19.4 Å². The molecule has 0 saturated heterocycles. The van der Waals surface area contributed by atoms with Crippen LogP contribution in [0, 0.1) is 0 Å². The van der Waals surface area contributed by atoms with E-state index in [1.807, 2.05) is 18.2 Å². The van der Waals surface area contributed by atoms with E-state index in [0.717, 1.165) is 4.47 Å². The van der Waals surface area contributed by atoms with Crippen molar-refractivity contribution in [1.29, 1.82) is 0 Å². The fourth-order valence-corrected chi connectivity index (χ4v) is 2.89. The number of nitrogens with one attached hydrogen (secondary N) is 1. The standard InChI is InChI=1S/C12H18BrNO2S/c1-10(11-6-3-4-7-12(11)13)14-8-5-9-17(2,15)16/h3-4,6-7,10,14H,5,8-9H2,1-2H3. The van der Waals surface area contributed by atoms with E-state index in [1.54, 1.807) is 0 Å². The zero-order valence-electron chi connectivity index (χ0n) is 10.1. The molecule has 0 bridgehead atoms. The van der Waals surface area contributed by atoms with Crippen molar-refractivity contribution in [2.75, 3.05) is 18.6 Å². The first kappa shape index (κ1) is 14.7. The van der Waals surface area contributed by atoms with Crippen LogP contribution < -0.4 is 5.32 Å². The summed E-state index contributed by atoms with van der Waals surface area (Å²) < 4.78 is 23.0. The number of rotatable bonds is 6. The van der Waals surface area contributed by atoms with Gasteiger partial charge in [0, 0.05) is 16.8 Å². The van der Waals surface area contributed by atoms with Crippen LogP contribution in [-0.2, 0) is 9.84 Å². The van der Waals surface area contributed by atoms with Gasteiger partial charge in [-0.3, -0.25) is 0 Å². The summed E-state index contributed by atoms with van der Waals surface area (Å²) in [7, 11) is -2.84.